The number of carbonyl (C=O) groups is 1. The zero-order chi connectivity index (χ0) is 21.3. The van der Waals surface area contributed by atoms with E-state index in [1.807, 2.05) is 24.3 Å². The van der Waals surface area contributed by atoms with E-state index in [2.05, 4.69) is 14.4 Å². The number of nitrogens with zero attached hydrogens (tertiary/aromatic N) is 2. The molecular weight excluding hydrogens is 407 g/mol. The normalized spacial score (nSPS) is 11.2. The van der Waals surface area contributed by atoms with E-state index in [0.717, 1.165) is 33.8 Å². The van der Waals surface area contributed by atoms with Crippen LogP contribution in [0.4, 0.5) is 4.39 Å². The molecule has 30 heavy (non-hydrogen) atoms. The van der Waals surface area contributed by atoms with E-state index in [1.54, 1.807) is 41.9 Å². The molecule has 0 saturated heterocycles. The molecule has 0 atom stereocenters. The summed E-state index contributed by atoms with van der Waals surface area (Å²) >= 11 is 0.959. The zero-order valence-electron chi connectivity index (χ0n) is 15.8. The Kier molecular flexibility index (Phi) is 5.51. The van der Waals surface area contributed by atoms with Crippen molar-refractivity contribution in [1.29, 1.82) is 0 Å². The number of hydrogen-bond donors (Lipinski definition) is 2. The second kappa shape index (κ2) is 8.25. The number of benzene rings is 3. The predicted octanol–water partition coefficient (Wildman–Crippen LogP) is 4.07. The fourth-order valence-electron chi connectivity index (χ4n) is 3.20. The van der Waals surface area contributed by atoms with Gasteiger partial charge >= 0.3 is 0 Å². The lowest BCUT2D eigenvalue weighted by molar-refractivity contribution is -0.195. The van der Waals surface area contributed by atoms with Gasteiger partial charge in [0.05, 0.1) is 23.2 Å². The number of aromatic nitrogens is 2. The Bertz CT molecular complexity index is 1240. The van der Waals surface area contributed by atoms with Gasteiger partial charge in [-0.15, -0.1) is 9.32 Å². The van der Waals surface area contributed by atoms with Crippen LogP contribution in [0, 0.1) is 12.7 Å². The first-order valence-corrected chi connectivity index (χ1v) is 9.61. The first-order chi connectivity index (χ1) is 14.5. The number of nitrogens with two attached hydrogens (primary N) is 2. The molecule has 4 N–H and O–H groups in total. The highest BCUT2D eigenvalue weighted by Crippen LogP contribution is 2.30. The van der Waals surface area contributed by atoms with Crippen molar-refractivity contribution in [2.75, 3.05) is 0 Å². The third-order valence-corrected chi connectivity index (χ3v) is 5.27. The number of carbonyl (C=O) groups excluding carboxylic acids is 1. The summed E-state index contributed by atoms with van der Waals surface area (Å²) in [6.45, 7) is 1.71. The highest BCUT2D eigenvalue weighted by atomic mass is 32.2. The van der Waals surface area contributed by atoms with Crippen LogP contribution in [0.15, 0.2) is 65.6 Å². The molecule has 152 valence electrons. The third kappa shape index (κ3) is 3.79. The topological polar surface area (TPSA) is 105 Å². The van der Waals surface area contributed by atoms with E-state index < -0.39 is 5.91 Å². The van der Waals surface area contributed by atoms with Crippen LogP contribution in [-0.4, -0.2) is 15.7 Å². The average molecular weight is 424 g/mol. The molecule has 1 heterocycles. The van der Waals surface area contributed by atoms with Crippen molar-refractivity contribution in [1.82, 2.24) is 9.78 Å². The van der Waals surface area contributed by atoms with E-state index in [-0.39, 0.29) is 11.5 Å². The Morgan fingerprint density at radius 3 is 2.43 bits per heavy atom. The maximum absolute atomic E-state index is 13.7. The summed E-state index contributed by atoms with van der Waals surface area (Å²) in [5.74, 6) is 3.97. The summed E-state index contributed by atoms with van der Waals surface area (Å²) in [5.41, 5.74) is 9.40. The van der Waals surface area contributed by atoms with E-state index in [9.17, 15) is 9.18 Å². The van der Waals surface area contributed by atoms with Crippen LogP contribution in [0.25, 0.3) is 27.7 Å². The standard InChI is InChI=1S/C21H17FN4O3S/c1-12-10-13(3-9-18(12)22)14-2-8-17-19(11-14)26(25-20(17)21(23)27)15-4-6-16(7-5-15)30-29-28-24/h2-11H,24H2,1H3,(H2,23,27). The fourth-order valence-corrected chi connectivity index (χ4v) is 3.56. The molecule has 1 amide bonds. The number of hydrogen-bond acceptors (Lipinski definition) is 6. The van der Waals surface area contributed by atoms with Crippen molar-refractivity contribution in [3.05, 3.63) is 77.7 Å². The second-order valence-electron chi connectivity index (χ2n) is 6.56. The molecule has 7 nitrogen and oxygen atoms in total. The Hall–Kier alpha value is -3.24. The highest BCUT2D eigenvalue weighted by Gasteiger charge is 2.17. The largest absolute Gasteiger partial charge is 0.364 e. The fraction of sp³-hybridized carbons (Fsp3) is 0.0476. The SMILES string of the molecule is Cc1cc(-c2ccc3c(C(N)=O)nn(-c4ccc(SOON)cc4)c3c2)ccc1F. The maximum Gasteiger partial charge on any atom is 0.269 e. The minimum Gasteiger partial charge on any atom is -0.364 e. The summed E-state index contributed by atoms with van der Waals surface area (Å²) in [6, 6.07) is 17.7. The lowest BCUT2D eigenvalue weighted by Gasteiger charge is -2.07. The Morgan fingerprint density at radius 2 is 1.77 bits per heavy atom. The first-order valence-electron chi connectivity index (χ1n) is 8.87. The van der Waals surface area contributed by atoms with Crippen LogP contribution in [-0.2, 0) is 9.32 Å². The van der Waals surface area contributed by atoms with Crippen LogP contribution in [0.5, 0.6) is 0 Å². The van der Waals surface area contributed by atoms with Gasteiger partial charge in [-0.05, 0) is 72.1 Å². The molecule has 0 aliphatic heterocycles. The molecule has 9 heteroatoms. The monoisotopic (exact) mass is 424 g/mol. The predicted molar refractivity (Wildman–Crippen MR) is 112 cm³/mol. The quantitative estimate of drug-likeness (QED) is 0.275. The summed E-state index contributed by atoms with van der Waals surface area (Å²) in [6.07, 6.45) is 0. The number of amides is 1. The zero-order valence-corrected chi connectivity index (χ0v) is 16.7. The number of aryl methyl sites for hydroxylation is 1. The highest BCUT2D eigenvalue weighted by molar-refractivity contribution is 7.94. The smallest absolute Gasteiger partial charge is 0.269 e. The molecule has 0 aliphatic carbocycles. The van der Waals surface area contributed by atoms with Crippen molar-refractivity contribution >= 4 is 28.9 Å². The molecule has 4 aromatic rings. The van der Waals surface area contributed by atoms with Gasteiger partial charge in [-0.3, -0.25) is 4.79 Å². The van der Waals surface area contributed by atoms with Crippen molar-refractivity contribution in [3.8, 4) is 16.8 Å². The molecule has 0 fully saturated rings. The Balaban J connectivity index is 1.84. The summed E-state index contributed by atoms with van der Waals surface area (Å²) in [5, 5.41) is 5.04. The van der Waals surface area contributed by atoms with Gasteiger partial charge < -0.3 is 5.73 Å². The van der Waals surface area contributed by atoms with Gasteiger partial charge in [0.2, 0.25) is 0 Å². The van der Waals surface area contributed by atoms with Gasteiger partial charge in [0.1, 0.15) is 5.82 Å². The molecule has 0 bridgehead atoms. The lowest BCUT2D eigenvalue weighted by Crippen LogP contribution is -2.12. The van der Waals surface area contributed by atoms with E-state index in [4.69, 9.17) is 11.6 Å². The third-order valence-electron chi connectivity index (χ3n) is 4.66. The van der Waals surface area contributed by atoms with Crippen molar-refractivity contribution < 1.29 is 18.5 Å². The minimum atomic E-state index is -0.621. The number of halogens is 1. The van der Waals surface area contributed by atoms with Gasteiger partial charge in [0.15, 0.2) is 5.69 Å². The first kappa shape index (κ1) is 20.0. The van der Waals surface area contributed by atoms with E-state index >= 15 is 0 Å². The van der Waals surface area contributed by atoms with E-state index in [1.165, 1.54) is 6.07 Å². The van der Waals surface area contributed by atoms with Crippen LogP contribution < -0.4 is 11.6 Å². The van der Waals surface area contributed by atoms with E-state index in [0.29, 0.717) is 16.5 Å². The van der Waals surface area contributed by atoms with Crippen LogP contribution in [0.2, 0.25) is 0 Å². The van der Waals surface area contributed by atoms with Gasteiger partial charge in [0.25, 0.3) is 5.91 Å². The van der Waals surface area contributed by atoms with Crippen molar-refractivity contribution in [2.24, 2.45) is 11.6 Å². The minimum absolute atomic E-state index is 0.171. The number of fused-ring (bicyclic) bond motifs is 1. The van der Waals surface area contributed by atoms with Gasteiger partial charge in [-0.2, -0.15) is 11.0 Å². The molecule has 1 aromatic heterocycles. The van der Waals surface area contributed by atoms with Crippen molar-refractivity contribution in [2.45, 2.75) is 11.8 Å². The molecule has 0 unspecified atom stereocenters. The van der Waals surface area contributed by atoms with Crippen LogP contribution in [0.3, 0.4) is 0 Å². The average Bonchev–Trinajstić information content (AvgIpc) is 3.14. The van der Waals surface area contributed by atoms with Gasteiger partial charge in [-0.1, -0.05) is 12.1 Å². The molecule has 0 aliphatic rings. The summed E-state index contributed by atoms with van der Waals surface area (Å²) in [7, 11) is 0. The lowest BCUT2D eigenvalue weighted by atomic mass is 10.0. The van der Waals surface area contributed by atoms with Gasteiger partial charge in [0, 0.05) is 10.3 Å². The number of primary amides is 1. The molecule has 0 spiro atoms. The molecule has 3 aromatic carbocycles. The molecule has 0 saturated carbocycles. The van der Waals surface area contributed by atoms with Crippen LogP contribution in [0.1, 0.15) is 16.1 Å². The van der Waals surface area contributed by atoms with Crippen molar-refractivity contribution in [3.63, 3.8) is 0 Å². The second-order valence-corrected chi connectivity index (χ2v) is 7.34. The Labute approximate surface area is 175 Å². The maximum atomic E-state index is 13.7. The van der Waals surface area contributed by atoms with Crippen LogP contribution >= 0.6 is 12.0 Å². The number of rotatable bonds is 6. The summed E-state index contributed by atoms with van der Waals surface area (Å²) in [4.78, 5) is 16.8. The Morgan fingerprint density at radius 1 is 1.07 bits per heavy atom. The molecule has 0 radical (unpaired) electrons. The molecular formula is C21H17FN4O3S. The summed E-state index contributed by atoms with van der Waals surface area (Å²) < 4.78 is 19.9. The molecule has 4 rings (SSSR count). The van der Waals surface area contributed by atoms with Gasteiger partial charge in [-0.25, -0.2) is 9.07 Å².